The second-order valence-electron chi connectivity index (χ2n) is 6.16. The molecule has 0 radical (unpaired) electrons. The predicted octanol–water partition coefficient (Wildman–Crippen LogP) is 6.52. The molecule has 0 aliphatic heterocycles. The molecule has 0 spiro atoms. The lowest BCUT2D eigenvalue weighted by Crippen LogP contribution is -2.16. The van der Waals surface area contributed by atoms with Gasteiger partial charge in [0.05, 0.1) is 0 Å². The lowest BCUT2D eigenvalue weighted by atomic mass is 9.88. The molecule has 3 rings (SSSR count). The molecule has 0 bridgehead atoms. The molecular weight excluding hydrogens is 332 g/mol. The van der Waals surface area contributed by atoms with Gasteiger partial charge in [-0.1, -0.05) is 37.1 Å². The minimum atomic E-state index is -4.74. The molecule has 0 saturated heterocycles. The van der Waals surface area contributed by atoms with Gasteiger partial charge in [0.2, 0.25) is 0 Å². The van der Waals surface area contributed by atoms with E-state index in [4.69, 9.17) is 0 Å². The van der Waals surface area contributed by atoms with Gasteiger partial charge in [-0.05, 0) is 60.2 Å². The molecule has 132 valence electrons. The second-order valence-corrected chi connectivity index (χ2v) is 6.16. The van der Waals surface area contributed by atoms with Gasteiger partial charge in [-0.25, -0.2) is 4.39 Å². The smallest absolute Gasteiger partial charge is 0.406 e. The van der Waals surface area contributed by atoms with Crippen LogP contribution < -0.4 is 4.74 Å². The van der Waals surface area contributed by atoms with E-state index in [1.165, 1.54) is 35.9 Å². The maximum Gasteiger partial charge on any atom is 0.573 e. The van der Waals surface area contributed by atoms with Crippen molar-refractivity contribution < 1.29 is 22.3 Å². The molecule has 1 nitrogen and oxygen atoms in total. The number of rotatable bonds is 4. The first-order chi connectivity index (χ1) is 11.9. The first kappa shape index (κ1) is 17.5. The van der Waals surface area contributed by atoms with E-state index >= 15 is 0 Å². The van der Waals surface area contributed by atoms with Gasteiger partial charge in [-0.3, -0.25) is 0 Å². The van der Waals surface area contributed by atoms with Crippen LogP contribution in [0.5, 0.6) is 5.75 Å². The Kier molecular flexibility index (Phi) is 4.84. The number of ether oxygens (including phenoxy) is 1. The molecule has 1 aliphatic rings. The molecule has 2 aromatic rings. The SMILES string of the molecule is CCCC1=Cc2cc(F)c(-c3ccc(OC(F)(F)F)cc3)cc2CC1. The molecule has 0 unspecified atom stereocenters. The Bertz CT molecular complexity index is 789. The molecule has 5 heteroatoms. The summed E-state index contributed by atoms with van der Waals surface area (Å²) in [5.74, 6) is -0.695. The highest BCUT2D eigenvalue weighted by atomic mass is 19.4. The molecule has 0 heterocycles. The van der Waals surface area contributed by atoms with Crippen LogP contribution in [-0.2, 0) is 6.42 Å². The van der Waals surface area contributed by atoms with Crippen molar-refractivity contribution in [3.05, 3.63) is 58.9 Å². The molecule has 0 saturated carbocycles. The van der Waals surface area contributed by atoms with Crippen LogP contribution in [0.4, 0.5) is 17.6 Å². The van der Waals surface area contributed by atoms with Gasteiger partial charge in [-0.2, -0.15) is 0 Å². The molecule has 0 atom stereocenters. The molecular formula is C20H18F4O. The van der Waals surface area contributed by atoms with E-state index in [0.29, 0.717) is 11.1 Å². The first-order valence-corrected chi connectivity index (χ1v) is 8.24. The maximum atomic E-state index is 14.5. The molecule has 0 N–H and O–H groups in total. The average molecular weight is 350 g/mol. The normalized spacial score (nSPS) is 14.0. The van der Waals surface area contributed by atoms with Gasteiger partial charge in [0.15, 0.2) is 0 Å². The molecule has 0 fully saturated rings. The third-order valence-electron chi connectivity index (χ3n) is 4.27. The average Bonchev–Trinajstić information content (AvgIpc) is 2.54. The third kappa shape index (κ3) is 4.21. The number of allylic oxidation sites excluding steroid dienone is 1. The fourth-order valence-electron chi connectivity index (χ4n) is 3.15. The van der Waals surface area contributed by atoms with Gasteiger partial charge in [-0.15, -0.1) is 13.2 Å². The van der Waals surface area contributed by atoms with Gasteiger partial charge < -0.3 is 4.74 Å². The van der Waals surface area contributed by atoms with Gasteiger partial charge in [0.25, 0.3) is 0 Å². The van der Waals surface area contributed by atoms with Crippen molar-refractivity contribution in [2.45, 2.75) is 39.0 Å². The van der Waals surface area contributed by atoms with Crippen LogP contribution in [0.2, 0.25) is 0 Å². The fraction of sp³-hybridized carbons (Fsp3) is 0.300. The van der Waals surface area contributed by atoms with Gasteiger partial charge in [0.1, 0.15) is 11.6 Å². The van der Waals surface area contributed by atoms with Crippen LogP contribution in [0.3, 0.4) is 0 Å². The van der Waals surface area contributed by atoms with E-state index in [-0.39, 0.29) is 11.6 Å². The van der Waals surface area contributed by atoms with Crippen molar-refractivity contribution in [2.24, 2.45) is 0 Å². The van der Waals surface area contributed by atoms with E-state index in [1.54, 1.807) is 6.07 Å². The van der Waals surface area contributed by atoms with Gasteiger partial charge >= 0.3 is 6.36 Å². The Morgan fingerprint density at radius 3 is 2.40 bits per heavy atom. The second kappa shape index (κ2) is 6.90. The Hall–Kier alpha value is -2.30. The van der Waals surface area contributed by atoms with Crippen molar-refractivity contribution in [3.8, 4) is 16.9 Å². The summed E-state index contributed by atoms with van der Waals surface area (Å²) in [5.41, 5.74) is 4.21. The highest BCUT2D eigenvalue weighted by Crippen LogP contribution is 2.33. The zero-order valence-corrected chi connectivity index (χ0v) is 13.8. The Morgan fingerprint density at radius 1 is 1.04 bits per heavy atom. The number of halogens is 4. The number of benzene rings is 2. The molecule has 1 aliphatic carbocycles. The van der Waals surface area contributed by atoms with Crippen LogP contribution >= 0.6 is 0 Å². The molecule has 0 aromatic heterocycles. The summed E-state index contributed by atoms with van der Waals surface area (Å²) in [7, 11) is 0. The van der Waals surface area contributed by atoms with Crippen molar-refractivity contribution in [1.29, 1.82) is 0 Å². The van der Waals surface area contributed by atoms with E-state index in [9.17, 15) is 17.6 Å². The Labute approximate surface area is 143 Å². The summed E-state index contributed by atoms with van der Waals surface area (Å²) in [4.78, 5) is 0. The first-order valence-electron chi connectivity index (χ1n) is 8.24. The van der Waals surface area contributed by atoms with Crippen molar-refractivity contribution >= 4 is 6.08 Å². The zero-order valence-electron chi connectivity index (χ0n) is 13.8. The van der Waals surface area contributed by atoms with Gasteiger partial charge in [0, 0.05) is 5.56 Å². The highest BCUT2D eigenvalue weighted by Gasteiger charge is 2.31. The topological polar surface area (TPSA) is 9.23 Å². The summed E-state index contributed by atoms with van der Waals surface area (Å²) >= 11 is 0. The standard InChI is InChI=1S/C20H18F4O/c1-2-3-13-4-5-15-11-18(19(21)12-16(15)10-13)14-6-8-17(9-7-14)25-20(22,23)24/h6-12H,2-5H2,1H3. The number of hydrogen-bond donors (Lipinski definition) is 0. The monoisotopic (exact) mass is 350 g/mol. The van der Waals surface area contributed by atoms with Crippen LogP contribution in [0, 0.1) is 5.82 Å². The zero-order chi connectivity index (χ0) is 18.0. The molecule has 25 heavy (non-hydrogen) atoms. The van der Waals surface area contributed by atoms with E-state index in [1.807, 2.05) is 0 Å². The summed E-state index contributed by atoms with van der Waals surface area (Å²) in [6.45, 7) is 2.12. The van der Waals surface area contributed by atoms with E-state index in [2.05, 4.69) is 17.7 Å². The highest BCUT2D eigenvalue weighted by molar-refractivity contribution is 5.70. The van der Waals surface area contributed by atoms with E-state index in [0.717, 1.165) is 36.8 Å². The lowest BCUT2D eigenvalue weighted by Gasteiger charge is -2.18. The molecule has 2 aromatic carbocycles. The largest absolute Gasteiger partial charge is 0.573 e. The van der Waals surface area contributed by atoms with Crippen LogP contribution in [0.15, 0.2) is 42.0 Å². The number of alkyl halides is 3. The quantitative estimate of drug-likeness (QED) is 0.570. The summed E-state index contributed by atoms with van der Waals surface area (Å²) in [5, 5.41) is 0. The third-order valence-corrected chi connectivity index (χ3v) is 4.27. The van der Waals surface area contributed by atoms with Crippen LogP contribution in [-0.4, -0.2) is 6.36 Å². The lowest BCUT2D eigenvalue weighted by molar-refractivity contribution is -0.274. The Morgan fingerprint density at radius 2 is 1.76 bits per heavy atom. The van der Waals surface area contributed by atoms with Crippen molar-refractivity contribution in [2.75, 3.05) is 0 Å². The molecule has 0 amide bonds. The predicted molar refractivity (Wildman–Crippen MR) is 89.7 cm³/mol. The van der Waals surface area contributed by atoms with Crippen molar-refractivity contribution in [1.82, 2.24) is 0 Å². The minimum Gasteiger partial charge on any atom is -0.406 e. The minimum absolute atomic E-state index is 0.318. The number of fused-ring (bicyclic) bond motifs is 1. The number of aryl methyl sites for hydroxylation is 1. The maximum absolute atomic E-state index is 14.5. The summed E-state index contributed by atoms with van der Waals surface area (Å²) < 4.78 is 55.0. The van der Waals surface area contributed by atoms with Crippen LogP contribution in [0.25, 0.3) is 17.2 Å². The van der Waals surface area contributed by atoms with Crippen molar-refractivity contribution in [3.63, 3.8) is 0 Å². The summed E-state index contributed by atoms with van der Waals surface area (Å²) in [6, 6.07) is 8.57. The fourth-order valence-corrected chi connectivity index (χ4v) is 3.15. The number of hydrogen-bond acceptors (Lipinski definition) is 1. The Balaban J connectivity index is 1.89. The van der Waals surface area contributed by atoms with Crippen LogP contribution in [0.1, 0.15) is 37.3 Å². The van der Waals surface area contributed by atoms with E-state index < -0.39 is 6.36 Å². The summed E-state index contributed by atoms with van der Waals surface area (Å²) in [6.07, 6.45) is 1.21.